The third-order valence-electron chi connectivity index (χ3n) is 7.00. The van der Waals surface area contributed by atoms with Crippen LogP contribution in [0.4, 0.5) is 0 Å². The first-order valence-corrected chi connectivity index (χ1v) is 8.71. The fourth-order valence-electron chi connectivity index (χ4n) is 6.46. The molecule has 0 heterocycles. The molecule has 0 aromatic heterocycles. The SMILES string of the molecule is OC1CC(O)C2(C1)C1CC=C(Cl)CC1[C@@H]1CCCCC12. The van der Waals surface area contributed by atoms with Crippen LogP contribution in [0.2, 0.25) is 0 Å². The fourth-order valence-corrected chi connectivity index (χ4v) is 6.73. The Balaban J connectivity index is 1.76. The predicted molar refractivity (Wildman–Crippen MR) is 79.3 cm³/mol. The van der Waals surface area contributed by atoms with Crippen molar-refractivity contribution in [3.05, 3.63) is 11.1 Å². The van der Waals surface area contributed by atoms with Gasteiger partial charge in [0.1, 0.15) is 0 Å². The molecule has 2 nitrogen and oxygen atoms in total. The van der Waals surface area contributed by atoms with Gasteiger partial charge in [-0.25, -0.2) is 0 Å². The van der Waals surface area contributed by atoms with Crippen molar-refractivity contribution in [1.82, 2.24) is 0 Å². The molecule has 0 radical (unpaired) electrons. The molecule has 0 saturated heterocycles. The summed E-state index contributed by atoms with van der Waals surface area (Å²) in [4.78, 5) is 0. The Morgan fingerprint density at radius 1 is 1.10 bits per heavy atom. The maximum Gasteiger partial charge on any atom is 0.0627 e. The van der Waals surface area contributed by atoms with Crippen molar-refractivity contribution in [3.63, 3.8) is 0 Å². The van der Waals surface area contributed by atoms with Crippen LogP contribution in [0.5, 0.6) is 0 Å². The van der Waals surface area contributed by atoms with Gasteiger partial charge in [0.15, 0.2) is 0 Å². The van der Waals surface area contributed by atoms with E-state index in [9.17, 15) is 10.2 Å². The van der Waals surface area contributed by atoms with E-state index in [-0.39, 0.29) is 17.6 Å². The zero-order valence-corrected chi connectivity index (χ0v) is 12.7. The first-order valence-electron chi connectivity index (χ1n) is 8.33. The summed E-state index contributed by atoms with van der Waals surface area (Å²) in [6.07, 6.45) is 10.2. The van der Waals surface area contributed by atoms with Crippen molar-refractivity contribution < 1.29 is 10.2 Å². The maximum absolute atomic E-state index is 10.8. The van der Waals surface area contributed by atoms with Gasteiger partial charge in [0.25, 0.3) is 0 Å². The van der Waals surface area contributed by atoms with Crippen LogP contribution in [0, 0.1) is 29.1 Å². The Morgan fingerprint density at radius 2 is 1.90 bits per heavy atom. The van der Waals surface area contributed by atoms with E-state index in [0.717, 1.165) is 30.2 Å². The third kappa shape index (κ3) is 1.71. The van der Waals surface area contributed by atoms with E-state index in [4.69, 9.17) is 11.6 Å². The van der Waals surface area contributed by atoms with E-state index in [1.807, 2.05) is 0 Å². The molecule has 3 fully saturated rings. The summed E-state index contributed by atoms with van der Waals surface area (Å²) >= 11 is 6.32. The van der Waals surface area contributed by atoms with Gasteiger partial charge in [0.05, 0.1) is 12.2 Å². The quantitative estimate of drug-likeness (QED) is 0.719. The zero-order chi connectivity index (χ0) is 13.9. The van der Waals surface area contributed by atoms with Crippen LogP contribution >= 0.6 is 11.6 Å². The maximum atomic E-state index is 10.8. The van der Waals surface area contributed by atoms with Crippen molar-refractivity contribution in [1.29, 1.82) is 0 Å². The minimum absolute atomic E-state index is 0.0107. The molecule has 7 atom stereocenters. The van der Waals surface area contributed by atoms with Crippen LogP contribution in [0.3, 0.4) is 0 Å². The van der Waals surface area contributed by atoms with Crippen LogP contribution in [-0.4, -0.2) is 22.4 Å². The minimum atomic E-state index is -0.302. The van der Waals surface area contributed by atoms with Crippen molar-refractivity contribution >= 4 is 11.6 Å². The molecule has 0 amide bonds. The van der Waals surface area contributed by atoms with Gasteiger partial charge in [0.2, 0.25) is 0 Å². The molecule has 20 heavy (non-hydrogen) atoms. The molecule has 2 N–H and O–H groups in total. The molecule has 0 bridgehead atoms. The normalized spacial score (nSPS) is 54.6. The van der Waals surface area contributed by atoms with Gasteiger partial charge >= 0.3 is 0 Å². The van der Waals surface area contributed by atoms with Crippen molar-refractivity contribution in [2.24, 2.45) is 29.1 Å². The Hall–Kier alpha value is -0.0500. The highest BCUT2D eigenvalue weighted by atomic mass is 35.5. The lowest BCUT2D eigenvalue weighted by Gasteiger charge is -2.42. The highest BCUT2D eigenvalue weighted by molar-refractivity contribution is 6.29. The number of hydrogen-bond acceptors (Lipinski definition) is 2. The Morgan fingerprint density at radius 3 is 2.65 bits per heavy atom. The van der Waals surface area contributed by atoms with E-state index in [1.165, 1.54) is 25.7 Å². The van der Waals surface area contributed by atoms with E-state index >= 15 is 0 Å². The molecule has 3 saturated carbocycles. The molecule has 0 aliphatic heterocycles. The number of rotatable bonds is 0. The van der Waals surface area contributed by atoms with E-state index < -0.39 is 0 Å². The van der Waals surface area contributed by atoms with E-state index in [2.05, 4.69) is 6.08 Å². The minimum Gasteiger partial charge on any atom is -0.393 e. The van der Waals surface area contributed by atoms with Gasteiger partial charge in [-0.2, -0.15) is 0 Å². The first-order chi connectivity index (χ1) is 9.63. The average molecular weight is 297 g/mol. The molecule has 4 rings (SSSR count). The lowest BCUT2D eigenvalue weighted by atomic mass is 9.63. The molecular formula is C17H25ClO2. The van der Waals surface area contributed by atoms with E-state index in [0.29, 0.717) is 24.2 Å². The summed E-state index contributed by atoms with van der Waals surface area (Å²) in [5, 5.41) is 22.0. The number of aliphatic hydroxyl groups is 2. The van der Waals surface area contributed by atoms with Crippen molar-refractivity contribution in [2.45, 2.75) is 63.6 Å². The number of hydrogen-bond donors (Lipinski definition) is 2. The lowest BCUT2D eigenvalue weighted by Crippen LogP contribution is -2.41. The van der Waals surface area contributed by atoms with Gasteiger partial charge in [-0.05, 0) is 62.2 Å². The molecule has 3 heteroatoms. The lowest BCUT2D eigenvalue weighted by molar-refractivity contribution is -0.0275. The van der Waals surface area contributed by atoms with Gasteiger partial charge in [-0.3, -0.25) is 0 Å². The Labute approximate surface area is 126 Å². The first kappa shape index (κ1) is 13.6. The number of fused-ring (bicyclic) bond motifs is 5. The molecule has 112 valence electrons. The number of halogens is 1. The molecular weight excluding hydrogens is 272 g/mol. The second-order valence-corrected chi connectivity index (χ2v) is 8.12. The summed E-state index contributed by atoms with van der Waals surface area (Å²) in [5.74, 6) is 2.55. The van der Waals surface area contributed by atoms with Crippen LogP contribution in [0.1, 0.15) is 51.4 Å². The van der Waals surface area contributed by atoms with Crippen molar-refractivity contribution in [3.8, 4) is 0 Å². The van der Waals surface area contributed by atoms with Crippen LogP contribution in [-0.2, 0) is 0 Å². The largest absolute Gasteiger partial charge is 0.393 e. The molecule has 4 aliphatic carbocycles. The van der Waals surface area contributed by atoms with Gasteiger partial charge in [0, 0.05) is 10.4 Å². The smallest absolute Gasteiger partial charge is 0.0627 e. The third-order valence-corrected chi connectivity index (χ3v) is 7.30. The van der Waals surface area contributed by atoms with Gasteiger partial charge in [-0.15, -0.1) is 0 Å². The molecule has 0 aromatic rings. The second kappa shape index (κ2) is 4.72. The Bertz CT molecular complexity index is 435. The molecule has 0 aromatic carbocycles. The van der Waals surface area contributed by atoms with Gasteiger partial charge in [-0.1, -0.05) is 30.5 Å². The topological polar surface area (TPSA) is 40.5 Å². The summed E-state index contributed by atoms with van der Waals surface area (Å²) in [6.45, 7) is 0. The molecule has 6 unspecified atom stereocenters. The highest BCUT2D eigenvalue weighted by Gasteiger charge is 2.65. The summed E-state index contributed by atoms with van der Waals surface area (Å²) in [6, 6.07) is 0. The van der Waals surface area contributed by atoms with Gasteiger partial charge < -0.3 is 10.2 Å². The second-order valence-electron chi connectivity index (χ2n) is 7.64. The standard InChI is InChI=1S/C17H25ClO2/c18-10-5-6-15-13(7-10)12-3-1-2-4-14(12)17(15)9-11(19)8-16(17)20/h5,11-16,19-20H,1-4,6-9H2/t11?,12-,13?,14?,15?,16?,17?/m0/s1. The summed E-state index contributed by atoms with van der Waals surface area (Å²) < 4.78 is 0. The van der Waals surface area contributed by atoms with Crippen molar-refractivity contribution in [2.75, 3.05) is 0 Å². The highest BCUT2D eigenvalue weighted by Crippen LogP contribution is 2.68. The van der Waals surface area contributed by atoms with Crippen LogP contribution in [0.15, 0.2) is 11.1 Å². The number of allylic oxidation sites excluding steroid dienone is 2. The average Bonchev–Trinajstić information content (AvgIpc) is 2.88. The summed E-state index contributed by atoms with van der Waals surface area (Å²) in [7, 11) is 0. The number of aliphatic hydroxyl groups excluding tert-OH is 2. The van der Waals surface area contributed by atoms with E-state index in [1.54, 1.807) is 0 Å². The molecule has 4 aliphatic rings. The summed E-state index contributed by atoms with van der Waals surface area (Å²) in [5.41, 5.74) is -0.0107. The fraction of sp³-hybridized carbons (Fsp3) is 0.882. The monoisotopic (exact) mass is 296 g/mol. The van der Waals surface area contributed by atoms with Crippen LogP contribution in [0.25, 0.3) is 0 Å². The molecule has 1 spiro atoms. The van der Waals surface area contributed by atoms with Crippen LogP contribution < -0.4 is 0 Å². The zero-order valence-electron chi connectivity index (χ0n) is 12.0. The Kier molecular flexibility index (Phi) is 3.21. The predicted octanol–water partition coefficient (Wildman–Crippen LogP) is 3.46.